The molecule has 10 heteroatoms. The third-order valence-corrected chi connectivity index (χ3v) is 9.80. The Labute approximate surface area is 264 Å². The maximum Gasteiger partial charge on any atom is 0.242 e. The van der Waals surface area contributed by atoms with E-state index in [-0.39, 0.29) is 42.9 Å². The van der Waals surface area contributed by atoms with Crippen molar-refractivity contribution in [1.82, 2.24) is 20.2 Å². The summed E-state index contributed by atoms with van der Waals surface area (Å²) in [5, 5.41) is 20.8. The number of para-hydroxylation sites is 1. The van der Waals surface area contributed by atoms with Crippen LogP contribution in [0, 0.1) is 11.8 Å². The third-order valence-electron chi connectivity index (χ3n) is 9.48. The predicted molar refractivity (Wildman–Crippen MR) is 171 cm³/mol. The number of hydrogen-bond acceptors (Lipinski definition) is 5. The van der Waals surface area contributed by atoms with Crippen molar-refractivity contribution in [3.05, 3.63) is 65.1 Å². The van der Waals surface area contributed by atoms with Crippen molar-refractivity contribution in [2.45, 2.75) is 108 Å². The van der Waals surface area contributed by atoms with Crippen LogP contribution in [0.2, 0.25) is 0 Å². The van der Waals surface area contributed by atoms with E-state index in [4.69, 9.17) is 11.6 Å². The highest BCUT2D eigenvalue weighted by Crippen LogP contribution is 2.43. The van der Waals surface area contributed by atoms with Crippen molar-refractivity contribution in [2.75, 3.05) is 11.9 Å². The first kappa shape index (κ1) is 32.8. The second-order valence-corrected chi connectivity index (χ2v) is 13.2. The molecule has 240 valence electrons. The topological polar surface area (TPSA) is 91.2 Å². The van der Waals surface area contributed by atoms with Crippen LogP contribution in [0.3, 0.4) is 0 Å². The number of carbonyl (C=O) groups excluding carboxylic acids is 1. The van der Waals surface area contributed by atoms with Gasteiger partial charge in [0.2, 0.25) is 5.91 Å². The molecule has 2 aromatic rings. The largest absolute Gasteiger partial charge is 0.395 e. The fraction of sp³-hybridized carbons (Fsp3) is 0.588. The summed E-state index contributed by atoms with van der Waals surface area (Å²) in [5.41, 5.74) is 3.24. The first-order chi connectivity index (χ1) is 21.3. The highest BCUT2D eigenvalue weighted by Gasteiger charge is 2.42. The normalized spacial score (nSPS) is 26.7. The average molecular weight is 630 g/mol. The molecule has 1 heterocycles. The van der Waals surface area contributed by atoms with Gasteiger partial charge in [-0.3, -0.25) is 4.79 Å². The van der Waals surface area contributed by atoms with Crippen molar-refractivity contribution in [3.63, 3.8) is 0 Å². The molecular formula is C34H46ClF2N5O2. The zero-order valence-electron chi connectivity index (χ0n) is 25.5. The average Bonchev–Trinajstić information content (AvgIpc) is 3.48. The molecule has 0 aliphatic heterocycles. The highest BCUT2D eigenvalue weighted by molar-refractivity contribution is 6.29. The van der Waals surface area contributed by atoms with Gasteiger partial charge in [-0.15, -0.1) is 0 Å². The number of alkyl halides is 2. The van der Waals surface area contributed by atoms with Gasteiger partial charge in [-0.25, -0.2) is 13.8 Å². The quantitative estimate of drug-likeness (QED) is 0.203. The number of fused-ring (bicyclic) bond motifs is 1. The molecule has 7 atom stereocenters. The number of aromatic nitrogens is 2. The highest BCUT2D eigenvalue weighted by atomic mass is 35.5. The van der Waals surface area contributed by atoms with E-state index in [1.54, 1.807) is 12.5 Å². The fourth-order valence-electron chi connectivity index (χ4n) is 7.10. The molecule has 7 nitrogen and oxygen atoms in total. The van der Waals surface area contributed by atoms with E-state index in [1.165, 1.54) is 5.57 Å². The van der Waals surface area contributed by atoms with E-state index >= 15 is 0 Å². The van der Waals surface area contributed by atoms with E-state index in [2.05, 4.69) is 27.0 Å². The second kappa shape index (κ2) is 15.6. The number of benzene rings is 1. The van der Waals surface area contributed by atoms with Gasteiger partial charge in [0.1, 0.15) is 18.7 Å². The van der Waals surface area contributed by atoms with Crippen LogP contribution in [0.1, 0.15) is 76.7 Å². The molecule has 2 fully saturated rings. The lowest BCUT2D eigenvalue weighted by molar-refractivity contribution is -0.118. The van der Waals surface area contributed by atoms with Crippen LogP contribution in [-0.4, -0.2) is 57.6 Å². The van der Waals surface area contributed by atoms with E-state index in [0.717, 1.165) is 54.8 Å². The zero-order chi connectivity index (χ0) is 31.1. The predicted octanol–water partition coefficient (Wildman–Crippen LogP) is 6.51. The summed E-state index contributed by atoms with van der Waals surface area (Å²) >= 11 is 6.09. The minimum absolute atomic E-state index is 0.00242. The molecule has 3 aliphatic carbocycles. The van der Waals surface area contributed by atoms with Crippen LogP contribution < -0.4 is 16.0 Å². The van der Waals surface area contributed by atoms with E-state index in [1.807, 2.05) is 41.8 Å². The van der Waals surface area contributed by atoms with Gasteiger partial charge in [0.25, 0.3) is 0 Å². The first-order valence-corrected chi connectivity index (χ1v) is 16.6. The maximum atomic E-state index is 14.7. The molecule has 3 aliphatic rings. The Morgan fingerprint density at radius 2 is 2.00 bits per heavy atom. The van der Waals surface area contributed by atoms with Gasteiger partial charge in [-0.2, -0.15) is 0 Å². The van der Waals surface area contributed by atoms with Crippen molar-refractivity contribution in [1.29, 1.82) is 0 Å². The van der Waals surface area contributed by atoms with Crippen LogP contribution in [-0.2, 0) is 11.3 Å². The molecule has 2 saturated carbocycles. The van der Waals surface area contributed by atoms with Gasteiger partial charge in [0.05, 0.1) is 24.5 Å². The Hall–Kier alpha value is -2.59. The molecule has 1 aromatic heterocycles. The first-order valence-electron chi connectivity index (χ1n) is 16.2. The molecular weight excluding hydrogens is 584 g/mol. The zero-order valence-corrected chi connectivity index (χ0v) is 26.3. The number of amides is 1. The Kier molecular flexibility index (Phi) is 11.6. The monoisotopic (exact) mass is 629 g/mol. The number of halogens is 3. The van der Waals surface area contributed by atoms with Crippen molar-refractivity contribution >= 4 is 23.3 Å². The molecule has 1 amide bonds. The molecule has 0 saturated heterocycles. The number of allylic oxidation sites excluding steroid dienone is 3. The SMILES string of the molecule is CCC[C@H](NC1CCC2CC(F)C[C@@H](F)[C@H]2C1)C(=O)Nc1cn(-c2ccccc2CNC(CO)CC2=CC=C(Cl)CC2)cn1. The van der Waals surface area contributed by atoms with Crippen LogP contribution in [0.5, 0.6) is 0 Å². The van der Waals surface area contributed by atoms with E-state index in [9.17, 15) is 18.7 Å². The van der Waals surface area contributed by atoms with Crippen molar-refractivity contribution in [2.24, 2.45) is 11.8 Å². The maximum absolute atomic E-state index is 14.7. The number of aliphatic hydroxyl groups excluding tert-OH is 1. The summed E-state index contributed by atoms with van der Waals surface area (Å²) < 4.78 is 30.5. The van der Waals surface area contributed by atoms with Gasteiger partial charge in [-0.1, -0.05) is 54.8 Å². The lowest BCUT2D eigenvalue weighted by Crippen LogP contribution is -2.50. The minimum Gasteiger partial charge on any atom is -0.395 e. The standard InChI is InChI=1S/C34H46ClF2N5O2/c1-2-5-31(40-27-13-10-23-15-26(36)16-30(37)29(23)17-27)34(44)41-33-19-42(21-39-33)32-7-4-3-6-24(32)18-38-28(20-43)14-22-8-11-25(35)12-9-22/h3-4,6-8,11,19,21,23,26-31,38,40,43H,2,5,9-10,12-18,20H2,1H3,(H,41,44)/t23?,26?,27?,28?,29-,30+,31-/m0/s1. The number of aliphatic hydroxyl groups is 1. The summed E-state index contributed by atoms with van der Waals surface area (Å²) in [4.78, 5) is 17.8. The molecule has 1 aromatic carbocycles. The van der Waals surface area contributed by atoms with Crippen molar-refractivity contribution in [3.8, 4) is 5.69 Å². The third kappa shape index (κ3) is 8.56. The summed E-state index contributed by atoms with van der Waals surface area (Å²) in [7, 11) is 0. The number of hydrogen-bond donors (Lipinski definition) is 4. The number of carbonyl (C=O) groups is 1. The molecule has 4 unspecified atom stereocenters. The molecule has 0 spiro atoms. The fourth-order valence-corrected chi connectivity index (χ4v) is 7.26. The molecule has 44 heavy (non-hydrogen) atoms. The molecule has 4 N–H and O–H groups in total. The second-order valence-electron chi connectivity index (χ2n) is 12.7. The number of anilines is 1. The Morgan fingerprint density at radius 3 is 2.77 bits per heavy atom. The number of rotatable bonds is 13. The van der Waals surface area contributed by atoms with Crippen LogP contribution in [0.15, 0.2) is 59.5 Å². The Balaban J connectivity index is 1.18. The molecule has 0 radical (unpaired) electrons. The Bertz CT molecular complexity index is 1320. The molecule has 5 rings (SSSR count). The van der Waals surface area contributed by atoms with Crippen LogP contribution in [0.4, 0.5) is 14.6 Å². The lowest BCUT2D eigenvalue weighted by atomic mass is 9.68. The summed E-state index contributed by atoms with van der Waals surface area (Å²) in [6.45, 7) is 2.63. The Morgan fingerprint density at radius 1 is 1.16 bits per heavy atom. The summed E-state index contributed by atoms with van der Waals surface area (Å²) in [6.07, 6.45) is 12.1. The number of nitrogens with one attached hydrogen (secondary N) is 3. The van der Waals surface area contributed by atoms with Gasteiger partial charge in [-0.05, 0) is 80.9 Å². The molecule has 0 bridgehead atoms. The number of nitrogens with zero attached hydrogens (tertiary/aromatic N) is 2. The van der Waals surface area contributed by atoms with Gasteiger partial charge >= 0.3 is 0 Å². The summed E-state index contributed by atoms with van der Waals surface area (Å²) in [6, 6.07) is 7.52. The minimum atomic E-state index is -1.10. The smallest absolute Gasteiger partial charge is 0.242 e. The van der Waals surface area contributed by atoms with E-state index in [0.29, 0.717) is 31.6 Å². The van der Waals surface area contributed by atoms with Crippen LogP contribution in [0.25, 0.3) is 5.69 Å². The van der Waals surface area contributed by atoms with Crippen LogP contribution >= 0.6 is 11.6 Å². The van der Waals surface area contributed by atoms with Gasteiger partial charge in [0, 0.05) is 30.1 Å². The van der Waals surface area contributed by atoms with E-state index < -0.39 is 18.4 Å². The van der Waals surface area contributed by atoms with Gasteiger partial charge in [0.15, 0.2) is 5.82 Å². The number of imidazole rings is 1. The van der Waals surface area contributed by atoms with Crippen molar-refractivity contribution < 1.29 is 18.7 Å². The lowest BCUT2D eigenvalue weighted by Gasteiger charge is -2.43. The summed E-state index contributed by atoms with van der Waals surface area (Å²) in [5.74, 6) is 0.279. The van der Waals surface area contributed by atoms with Gasteiger partial charge < -0.3 is 25.6 Å².